The molecule has 1 saturated carbocycles. The van der Waals surface area contributed by atoms with E-state index in [0.717, 1.165) is 18.9 Å². The summed E-state index contributed by atoms with van der Waals surface area (Å²) >= 11 is 0. The lowest BCUT2D eigenvalue weighted by Gasteiger charge is -2.42. The van der Waals surface area contributed by atoms with Crippen LogP contribution < -0.4 is 0 Å². The van der Waals surface area contributed by atoms with Gasteiger partial charge in [0.2, 0.25) is 0 Å². The van der Waals surface area contributed by atoms with Gasteiger partial charge in [-0.1, -0.05) is 40.0 Å². The zero-order chi connectivity index (χ0) is 14.7. The highest BCUT2D eigenvalue weighted by Crippen LogP contribution is 2.44. The predicted octanol–water partition coefficient (Wildman–Crippen LogP) is 4.26. The van der Waals surface area contributed by atoms with E-state index in [2.05, 4.69) is 27.7 Å². The minimum atomic E-state index is -0.149. The molecule has 0 bridgehead atoms. The molecule has 2 nitrogen and oxygen atoms in total. The Balaban J connectivity index is 2.05. The van der Waals surface area contributed by atoms with Crippen molar-refractivity contribution in [3.8, 4) is 0 Å². The molecule has 1 aliphatic carbocycles. The molecular weight excluding hydrogens is 248 g/mol. The van der Waals surface area contributed by atoms with Crippen molar-refractivity contribution in [3.63, 3.8) is 0 Å². The standard InChI is InChI=1S/C18H34O2/c1-5-12(2)18(19)14(4)16-8-6-7-15-10-9-13(3)20-11-17(15)16/h12-19H,5-11H2,1-4H3/t12?,13?,14-,15-,16+,17?,18?/m1/s1. The lowest BCUT2D eigenvalue weighted by atomic mass is 9.65. The van der Waals surface area contributed by atoms with Crippen molar-refractivity contribution in [2.45, 2.75) is 78.4 Å². The molecule has 0 aromatic heterocycles. The highest BCUT2D eigenvalue weighted by atomic mass is 16.5. The van der Waals surface area contributed by atoms with Crippen molar-refractivity contribution in [1.29, 1.82) is 0 Å². The molecule has 2 fully saturated rings. The van der Waals surface area contributed by atoms with Gasteiger partial charge in [-0.2, -0.15) is 0 Å². The van der Waals surface area contributed by atoms with Gasteiger partial charge >= 0.3 is 0 Å². The fourth-order valence-corrected chi connectivity index (χ4v) is 4.48. The second kappa shape index (κ2) is 7.26. The van der Waals surface area contributed by atoms with Crippen LogP contribution in [-0.4, -0.2) is 23.9 Å². The van der Waals surface area contributed by atoms with E-state index in [1.165, 1.54) is 32.1 Å². The predicted molar refractivity (Wildman–Crippen MR) is 83.6 cm³/mol. The third-order valence-corrected chi connectivity index (χ3v) is 6.23. The monoisotopic (exact) mass is 282 g/mol. The Kier molecular flexibility index (Phi) is 5.92. The number of hydrogen-bond donors (Lipinski definition) is 1. The fourth-order valence-electron chi connectivity index (χ4n) is 4.48. The van der Waals surface area contributed by atoms with E-state index in [1.54, 1.807) is 0 Å². The van der Waals surface area contributed by atoms with Crippen LogP contribution in [0.3, 0.4) is 0 Å². The average Bonchev–Trinajstić information content (AvgIpc) is 2.67. The summed E-state index contributed by atoms with van der Waals surface area (Å²) in [6.45, 7) is 9.78. The molecule has 0 spiro atoms. The molecule has 0 radical (unpaired) electrons. The highest BCUT2D eigenvalue weighted by Gasteiger charge is 2.40. The first-order valence-electron chi connectivity index (χ1n) is 8.84. The minimum absolute atomic E-state index is 0.149. The molecule has 1 saturated heterocycles. The van der Waals surface area contributed by atoms with Crippen molar-refractivity contribution in [1.82, 2.24) is 0 Å². The van der Waals surface area contributed by atoms with Gasteiger partial charge in [-0.05, 0) is 55.8 Å². The number of aliphatic hydroxyl groups excluding tert-OH is 1. The van der Waals surface area contributed by atoms with E-state index in [0.29, 0.717) is 29.8 Å². The molecule has 118 valence electrons. The van der Waals surface area contributed by atoms with Crippen molar-refractivity contribution < 1.29 is 9.84 Å². The van der Waals surface area contributed by atoms with Crippen LogP contribution in [0, 0.1) is 29.6 Å². The van der Waals surface area contributed by atoms with Crippen LogP contribution in [0.4, 0.5) is 0 Å². The first kappa shape index (κ1) is 16.3. The maximum atomic E-state index is 10.6. The molecular formula is C18H34O2. The third-order valence-electron chi connectivity index (χ3n) is 6.23. The lowest BCUT2D eigenvalue weighted by molar-refractivity contribution is -0.0344. The van der Waals surface area contributed by atoms with Crippen molar-refractivity contribution in [2.24, 2.45) is 29.6 Å². The molecule has 0 aromatic carbocycles. The zero-order valence-electron chi connectivity index (χ0n) is 13.8. The van der Waals surface area contributed by atoms with Gasteiger partial charge in [0.05, 0.1) is 18.8 Å². The van der Waals surface area contributed by atoms with Gasteiger partial charge in [0, 0.05) is 0 Å². The Morgan fingerprint density at radius 1 is 1.15 bits per heavy atom. The Bertz CT molecular complexity index is 291. The minimum Gasteiger partial charge on any atom is -0.393 e. The number of fused-ring (bicyclic) bond motifs is 1. The summed E-state index contributed by atoms with van der Waals surface area (Å²) in [5.41, 5.74) is 0. The van der Waals surface area contributed by atoms with Crippen LogP contribution in [-0.2, 0) is 4.74 Å². The molecule has 2 rings (SSSR count). The summed E-state index contributed by atoms with van der Waals surface area (Å²) in [5, 5.41) is 10.6. The van der Waals surface area contributed by atoms with Crippen LogP contribution in [0.1, 0.15) is 66.2 Å². The maximum absolute atomic E-state index is 10.6. The summed E-state index contributed by atoms with van der Waals surface area (Å²) in [6.07, 6.45) is 7.90. The Labute approximate surface area is 125 Å². The first-order chi connectivity index (χ1) is 9.54. The van der Waals surface area contributed by atoms with Gasteiger partial charge in [0.25, 0.3) is 0 Å². The number of aliphatic hydroxyl groups is 1. The van der Waals surface area contributed by atoms with Crippen molar-refractivity contribution in [2.75, 3.05) is 6.61 Å². The molecule has 1 heterocycles. The van der Waals surface area contributed by atoms with Crippen molar-refractivity contribution in [3.05, 3.63) is 0 Å². The van der Waals surface area contributed by atoms with Crippen LogP contribution in [0.5, 0.6) is 0 Å². The second-order valence-corrected chi connectivity index (χ2v) is 7.48. The molecule has 2 heteroatoms. The molecule has 1 aliphatic heterocycles. The molecule has 4 unspecified atom stereocenters. The quantitative estimate of drug-likeness (QED) is 0.835. The summed E-state index contributed by atoms with van der Waals surface area (Å²) < 4.78 is 6.04. The Morgan fingerprint density at radius 3 is 2.60 bits per heavy atom. The SMILES string of the molecule is CCC(C)C(O)[C@H](C)[C@@H]1CCC[C@@H]2CCC(C)OCC21. The summed E-state index contributed by atoms with van der Waals surface area (Å²) in [5.74, 6) is 3.00. The fraction of sp³-hybridized carbons (Fsp3) is 1.00. The molecule has 7 atom stereocenters. The van der Waals surface area contributed by atoms with Gasteiger partial charge < -0.3 is 9.84 Å². The van der Waals surface area contributed by atoms with E-state index >= 15 is 0 Å². The number of rotatable bonds is 4. The van der Waals surface area contributed by atoms with E-state index in [-0.39, 0.29) is 6.10 Å². The molecule has 0 aromatic rings. The first-order valence-corrected chi connectivity index (χ1v) is 8.84. The topological polar surface area (TPSA) is 29.5 Å². The van der Waals surface area contributed by atoms with E-state index in [9.17, 15) is 5.11 Å². The lowest BCUT2D eigenvalue weighted by Crippen LogP contribution is -2.40. The van der Waals surface area contributed by atoms with Gasteiger partial charge in [0.15, 0.2) is 0 Å². The Morgan fingerprint density at radius 2 is 1.90 bits per heavy atom. The highest BCUT2D eigenvalue weighted by molar-refractivity contribution is 4.89. The van der Waals surface area contributed by atoms with Crippen molar-refractivity contribution >= 4 is 0 Å². The van der Waals surface area contributed by atoms with Crippen LogP contribution in [0.15, 0.2) is 0 Å². The Hall–Kier alpha value is -0.0800. The summed E-state index contributed by atoms with van der Waals surface area (Å²) in [4.78, 5) is 0. The second-order valence-electron chi connectivity index (χ2n) is 7.48. The molecule has 1 N–H and O–H groups in total. The summed E-state index contributed by atoms with van der Waals surface area (Å²) in [7, 11) is 0. The third kappa shape index (κ3) is 3.57. The number of hydrogen-bond acceptors (Lipinski definition) is 2. The van der Waals surface area contributed by atoms with Crippen LogP contribution >= 0.6 is 0 Å². The van der Waals surface area contributed by atoms with Gasteiger partial charge in [-0.25, -0.2) is 0 Å². The normalized spacial score (nSPS) is 39.5. The van der Waals surface area contributed by atoms with E-state index in [4.69, 9.17) is 4.74 Å². The summed E-state index contributed by atoms with van der Waals surface area (Å²) in [6, 6.07) is 0. The molecule has 0 amide bonds. The van der Waals surface area contributed by atoms with Gasteiger partial charge in [0.1, 0.15) is 0 Å². The molecule has 2 aliphatic rings. The van der Waals surface area contributed by atoms with Crippen LogP contribution in [0.2, 0.25) is 0 Å². The molecule has 20 heavy (non-hydrogen) atoms. The van der Waals surface area contributed by atoms with E-state index in [1.807, 2.05) is 0 Å². The maximum Gasteiger partial charge on any atom is 0.0593 e. The van der Waals surface area contributed by atoms with E-state index < -0.39 is 0 Å². The van der Waals surface area contributed by atoms with Crippen LogP contribution in [0.25, 0.3) is 0 Å². The van der Waals surface area contributed by atoms with Gasteiger partial charge in [-0.15, -0.1) is 0 Å². The largest absolute Gasteiger partial charge is 0.393 e. The van der Waals surface area contributed by atoms with Gasteiger partial charge in [-0.3, -0.25) is 0 Å². The number of ether oxygens (including phenoxy) is 1. The zero-order valence-corrected chi connectivity index (χ0v) is 13.8. The average molecular weight is 282 g/mol. The smallest absolute Gasteiger partial charge is 0.0593 e.